The first-order valence-electron chi connectivity index (χ1n) is 7.16. The maximum atomic E-state index is 4.13. The molecule has 1 unspecified atom stereocenters. The Kier molecular flexibility index (Phi) is 4.65. The maximum Gasteiger partial charge on any atom is 0.138 e. The van der Waals surface area contributed by atoms with E-state index in [1.807, 2.05) is 6.07 Å². The molecule has 0 amide bonds. The van der Waals surface area contributed by atoms with Gasteiger partial charge in [0, 0.05) is 17.1 Å². The fraction of sp³-hybridized carbons (Fsp3) is 0.176. The van der Waals surface area contributed by atoms with Gasteiger partial charge in [-0.2, -0.15) is 5.10 Å². The molecular formula is C17H17BrN4. The number of rotatable bonds is 5. The van der Waals surface area contributed by atoms with Gasteiger partial charge in [-0.1, -0.05) is 46.3 Å². The van der Waals surface area contributed by atoms with Crippen LogP contribution in [0.5, 0.6) is 0 Å². The lowest BCUT2D eigenvalue weighted by Gasteiger charge is -2.15. The third kappa shape index (κ3) is 3.43. The second kappa shape index (κ2) is 6.85. The maximum absolute atomic E-state index is 4.13. The van der Waals surface area contributed by atoms with Crippen molar-refractivity contribution >= 4 is 15.9 Å². The summed E-state index contributed by atoms with van der Waals surface area (Å²) in [7, 11) is 0. The number of halogens is 1. The Bertz CT molecular complexity index is 723. The molecule has 0 bridgehead atoms. The van der Waals surface area contributed by atoms with Crippen molar-refractivity contribution in [2.75, 3.05) is 0 Å². The zero-order valence-electron chi connectivity index (χ0n) is 12.3. The van der Waals surface area contributed by atoms with Gasteiger partial charge in [-0.05, 0) is 36.2 Å². The highest BCUT2D eigenvalue weighted by Crippen LogP contribution is 2.19. The molecule has 3 rings (SSSR count). The van der Waals surface area contributed by atoms with Gasteiger partial charge in [-0.15, -0.1) is 0 Å². The van der Waals surface area contributed by atoms with Crippen molar-refractivity contribution in [2.45, 2.75) is 19.5 Å². The zero-order valence-corrected chi connectivity index (χ0v) is 13.9. The van der Waals surface area contributed by atoms with Crippen molar-refractivity contribution in [3.63, 3.8) is 0 Å². The summed E-state index contributed by atoms with van der Waals surface area (Å²) in [5.74, 6) is 0. The van der Waals surface area contributed by atoms with E-state index in [1.54, 1.807) is 11.0 Å². The van der Waals surface area contributed by atoms with Gasteiger partial charge < -0.3 is 5.32 Å². The first kappa shape index (κ1) is 14.9. The van der Waals surface area contributed by atoms with Crippen LogP contribution < -0.4 is 5.32 Å². The number of benzene rings is 2. The predicted molar refractivity (Wildman–Crippen MR) is 90.8 cm³/mol. The van der Waals surface area contributed by atoms with Crippen LogP contribution in [0.3, 0.4) is 0 Å². The Morgan fingerprint density at radius 3 is 2.59 bits per heavy atom. The van der Waals surface area contributed by atoms with Gasteiger partial charge >= 0.3 is 0 Å². The molecule has 0 fully saturated rings. The van der Waals surface area contributed by atoms with Crippen LogP contribution in [-0.2, 0) is 6.54 Å². The monoisotopic (exact) mass is 356 g/mol. The van der Waals surface area contributed by atoms with Gasteiger partial charge in [0.15, 0.2) is 0 Å². The highest BCUT2D eigenvalue weighted by atomic mass is 79.9. The molecule has 0 aliphatic heterocycles. The van der Waals surface area contributed by atoms with E-state index in [0.29, 0.717) is 0 Å². The molecule has 3 aromatic rings. The third-order valence-corrected chi connectivity index (χ3v) is 4.41. The minimum atomic E-state index is 0.275. The molecular weight excluding hydrogens is 340 g/mol. The van der Waals surface area contributed by atoms with Crippen molar-refractivity contribution in [3.05, 3.63) is 76.8 Å². The zero-order chi connectivity index (χ0) is 15.4. The van der Waals surface area contributed by atoms with Gasteiger partial charge in [0.1, 0.15) is 12.7 Å². The minimum absolute atomic E-state index is 0.275. The average molecular weight is 357 g/mol. The third-order valence-electron chi connectivity index (χ3n) is 3.63. The lowest BCUT2D eigenvalue weighted by Crippen LogP contribution is -2.18. The van der Waals surface area contributed by atoms with E-state index in [-0.39, 0.29) is 6.04 Å². The normalized spacial score (nSPS) is 12.3. The summed E-state index contributed by atoms with van der Waals surface area (Å²) in [5.41, 5.74) is 3.52. The lowest BCUT2D eigenvalue weighted by molar-refractivity contribution is 0.573. The van der Waals surface area contributed by atoms with E-state index in [2.05, 4.69) is 80.7 Å². The van der Waals surface area contributed by atoms with Crippen molar-refractivity contribution in [1.29, 1.82) is 0 Å². The summed E-state index contributed by atoms with van der Waals surface area (Å²) in [6, 6.07) is 16.9. The molecule has 2 aromatic carbocycles. The molecule has 5 heteroatoms. The quantitative estimate of drug-likeness (QED) is 0.754. The first-order valence-corrected chi connectivity index (χ1v) is 7.95. The van der Waals surface area contributed by atoms with Crippen LogP contribution in [0.4, 0.5) is 0 Å². The first-order chi connectivity index (χ1) is 10.7. The van der Waals surface area contributed by atoms with Crippen molar-refractivity contribution < 1.29 is 0 Å². The van der Waals surface area contributed by atoms with Gasteiger partial charge in [0.2, 0.25) is 0 Å². The molecule has 0 radical (unpaired) electrons. The molecule has 0 aliphatic carbocycles. The van der Waals surface area contributed by atoms with Gasteiger partial charge in [-0.25, -0.2) is 9.67 Å². The van der Waals surface area contributed by atoms with Crippen LogP contribution in [0.1, 0.15) is 24.1 Å². The van der Waals surface area contributed by atoms with Crippen LogP contribution in [0.2, 0.25) is 0 Å². The number of nitrogens with one attached hydrogen (secondary N) is 1. The standard InChI is InChI=1S/C17H17BrN4/c1-13(20-10-15-4-2-3-5-17(15)18)14-6-8-16(9-7-14)22-12-19-11-21-22/h2-9,11-13,20H,10H2,1H3. The lowest BCUT2D eigenvalue weighted by atomic mass is 10.1. The average Bonchev–Trinajstić information content (AvgIpc) is 3.08. The van der Waals surface area contributed by atoms with Crippen LogP contribution in [-0.4, -0.2) is 14.8 Å². The summed E-state index contributed by atoms with van der Waals surface area (Å²) in [6.07, 6.45) is 3.24. The minimum Gasteiger partial charge on any atom is -0.306 e. The van der Waals surface area contributed by atoms with Gasteiger partial charge in [-0.3, -0.25) is 0 Å². The van der Waals surface area contributed by atoms with Crippen molar-refractivity contribution in [2.24, 2.45) is 0 Å². The van der Waals surface area contributed by atoms with E-state index in [9.17, 15) is 0 Å². The fourth-order valence-corrected chi connectivity index (χ4v) is 2.70. The van der Waals surface area contributed by atoms with Gasteiger partial charge in [0.05, 0.1) is 5.69 Å². The Morgan fingerprint density at radius 1 is 1.14 bits per heavy atom. The largest absolute Gasteiger partial charge is 0.306 e. The van der Waals surface area contributed by atoms with E-state index in [0.717, 1.165) is 16.7 Å². The Hall–Kier alpha value is -1.98. The van der Waals surface area contributed by atoms with Crippen molar-refractivity contribution in [3.8, 4) is 5.69 Å². The molecule has 0 saturated heterocycles. The smallest absolute Gasteiger partial charge is 0.138 e. The second-order valence-electron chi connectivity index (χ2n) is 5.13. The molecule has 1 atom stereocenters. The Labute approximate surface area is 138 Å². The number of hydrogen-bond acceptors (Lipinski definition) is 3. The molecule has 1 heterocycles. The number of nitrogens with zero attached hydrogens (tertiary/aromatic N) is 3. The fourth-order valence-electron chi connectivity index (χ4n) is 2.28. The highest BCUT2D eigenvalue weighted by Gasteiger charge is 2.06. The molecule has 1 aromatic heterocycles. The topological polar surface area (TPSA) is 42.7 Å². The van der Waals surface area contributed by atoms with E-state index in [4.69, 9.17) is 0 Å². The molecule has 0 aliphatic rings. The predicted octanol–water partition coefficient (Wildman–Crippen LogP) is 3.88. The number of hydrogen-bond donors (Lipinski definition) is 1. The van der Waals surface area contributed by atoms with E-state index in [1.165, 1.54) is 17.5 Å². The Balaban J connectivity index is 1.65. The van der Waals surface area contributed by atoms with Gasteiger partial charge in [0.25, 0.3) is 0 Å². The molecule has 112 valence electrons. The molecule has 22 heavy (non-hydrogen) atoms. The SMILES string of the molecule is CC(NCc1ccccc1Br)c1ccc(-n2cncn2)cc1. The highest BCUT2D eigenvalue weighted by molar-refractivity contribution is 9.10. The van der Waals surface area contributed by atoms with Crippen LogP contribution in [0, 0.1) is 0 Å². The van der Waals surface area contributed by atoms with Crippen LogP contribution in [0.15, 0.2) is 65.7 Å². The molecule has 4 nitrogen and oxygen atoms in total. The van der Waals surface area contributed by atoms with Crippen LogP contribution >= 0.6 is 15.9 Å². The number of aromatic nitrogens is 3. The summed E-state index contributed by atoms with van der Waals surface area (Å²) >= 11 is 3.58. The summed E-state index contributed by atoms with van der Waals surface area (Å²) in [6.45, 7) is 2.99. The van der Waals surface area contributed by atoms with E-state index < -0.39 is 0 Å². The summed E-state index contributed by atoms with van der Waals surface area (Å²) < 4.78 is 2.89. The summed E-state index contributed by atoms with van der Waals surface area (Å²) in [4.78, 5) is 3.96. The molecule has 1 N–H and O–H groups in total. The van der Waals surface area contributed by atoms with Crippen molar-refractivity contribution in [1.82, 2.24) is 20.1 Å². The Morgan fingerprint density at radius 2 is 1.91 bits per heavy atom. The summed E-state index contributed by atoms with van der Waals surface area (Å²) in [5, 5.41) is 7.68. The molecule has 0 spiro atoms. The molecule has 0 saturated carbocycles. The van der Waals surface area contributed by atoms with E-state index >= 15 is 0 Å². The second-order valence-corrected chi connectivity index (χ2v) is 5.98. The van der Waals surface area contributed by atoms with Crippen LogP contribution in [0.25, 0.3) is 5.69 Å².